The van der Waals surface area contributed by atoms with Crippen molar-refractivity contribution in [3.8, 4) is 11.5 Å². The standard InChI is InChI=1S/C30H25BrN2O3S/c1-3-35-24-14-12-23(13-15-24)33-29(34)27(32(2)30(33)37)18-20-11-16-28(26(31)17-20)36-19-22-9-6-8-21-7-4-5-10-25(21)22/h4-18H,3,19H2,1-2H3/b27-18-. The van der Waals surface area contributed by atoms with Gasteiger partial charge >= 0.3 is 0 Å². The smallest absolute Gasteiger partial charge is 0.281 e. The third-order valence-corrected chi connectivity index (χ3v) is 7.27. The number of amides is 1. The number of nitrogens with zero attached hydrogens (tertiary/aromatic N) is 2. The van der Waals surface area contributed by atoms with E-state index in [2.05, 4.69) is 40.2 Å². The molecule has 0 aromatic heterocycles. The minimum atomic E-state index is -0.177. The largest absolute Gasteiger partial charge is 0.494 e. The van der Waals surface area contributed by atoms with Crippen LogP contribution in [0.4, 0.5) is 5.69 Å². The Morgan fingerprint density at radius 2 is 1.70 bits per heavy atom. The Hall–Kier alpha value is -3.68. The summed E-state index contributed by atoms with van der Waals surface area (Å²) in [7, 11) is 1.80. The van der Waals surface area contributed by atoms with Crippen molar-refractivity contribution in [3.63, 3.8) is 0 Å². The second kappa shape index (κ2) is 10.7. The van der Waals surface area contributed by atoms with Crippen molar-refractivity contribution >= 4 is 61.7 Å². The van der Waals surface area contributed by atoms with E-state index in [4.69, 9.17) is 21.7 Å². The molecule has 0 unspecified atom stereocenters. The highest BCUT2D eigenvalue weighted by Crippen LogP contribution is 2.32. The molecular weight excluding hydrogens is 548 g/mol. The molecule has 4 aromatic rings. The van der Waals surface area contributed by atoms with Crippen LogP contribution in [0.2, 0.25) is 0 Å². The predicted octanol–water partition coefficient (Wildman–Crippen LogP) is 7.18. The number of hydrogen-bond donors (Lipinski definition) is 0. The van der Waals surface area contributed by atoms with Crippen LogP contribution >= 0.6 is 28.1 Å². The van der Waals surface area contributed by atoms with Gasteiger partial charge in [0.2, 0.25) is 0 Å². The highest BCUT2D eigenvalue weighted by Gasteiger charge is 2.36. The van der Waals surface area contributed by atoms with Crippen molar-refractivity contribution in [1.29, 1.82) is 0 Å². The van der Waals surface area contributed by atoms with Crippen LogP contribution < -0.4 is 14.4 Å². The summed E-state index contributed by atoms with van der Waals surface area (Å²) in [5.41, 5.74) is 3.18. The van der Waals surface area contributed by atoms with Crippen molar-refractivity contribution in [2.24, 2.45) is 0 Å². The van der Waals surface area contributed by atoms with Crippen molar-refractivity contribution in [2.45, 2.75) is 13.5 Å². The molecule has 186 valence electrons. The molecule has 0 bridgehead atoms. The summed E-state index contributed by atoms with van der Waals surface area (Å²) >= 11 is 9.22. The Bertz CT molecular complexity index is 1510. The minimum Gasteiger partial charge on any atom is -0.494 e. The number of anilines is 1. The van der Waals surface area contributed by atoms with Crippen LogP contribution in [-0.2, 0) is 11.4 Å². The highest BCUT2D eigenvalue weighted by molar-refractivity contribution is 9.10. The van der Waals surface area contributed by atoms with Gasteiger partial charge in [-0.05, 0) is 99.4 Å². The molecule has 37 heavy (non-hydrogen) atoms. The van der Waals surface area contributed by atoms with Crippen molar-refractivity contribution < 1.29 is 14.3 Å². The first-order chi connectivity index (χ1) is 18.0. The van der Waals surface area contributed by atoms with Gasteiger partial charge in [-0.15, -0.1) is 0 Å². The quantitative estimate of drug-likeness (QED) is 0.173. The number of rotatable bonds is 7. The number of benzene rings is 4. The first-order valence-corrected chi connectivity index (χ1v) is 13.1. The second-order valence-electron chi connectivity index (χ2n) is 8.56. The number of carbonyl (C=O) groups is 1. The van der Waals surface area contributed by atoms with E-state index in [9.17, 15) is 4.79 Å². The van der Waals surface area contributed by atoms with Gasteiger partial charge in [0.15, 0.2) is 5.11 Å². The monoisotopic (exact) mass is 572 g/mol. The summed E-state index contributed by atoms with van der Waals surface area (Å²) in [5.74, 6) is 1.30. The van der Waals surface area contributed by atoms with Crippen molar-refractivity contribution in [3.05, 3.63) is 106 Å². The molecule has 0 aliphatic carbocycles. The average molecular weight is 574 g/mol. The van der Waals surface area contributed by atoms with Gasteiger partial charge in [0.05, 0.1) is 16.8 Å². The third-order valence-electron chi connectivity index (χ3n) is 6.19. The van der Waals surface area contributed by atoms with Crippen LogP contribution in [0, 0.1) is 0 Å². The van der Waals surface area contributed by atoms with Crippen LogP contribution in [0.25, 0.3) is 16.8 Å². The van der Waals surface area contributed by atoms with E-state index in [1.54, 1.807) is 11.9 Å². The van der Waals surface area contributed by atoms with Gasteiger partial charge in [-0.3, -0.25) is 9.69 Å². The Balaban J connectivity index is 1.34. The maximum absolute atomic E-state index is 13.3. The fourth-order valence-corrected chi connectivity index (χ4v) is 5.10. The van der Waals surface area contributed by atoms with Gasteiger partial charge < -0.3 is 14.4 Å². The molecule has 1 aliphatic rings. The normalized spacial score (nSPS) is 14.6. The first-order valence-electron chi connectivity index (χ1n) is 11.9. The molecule has 4 aromatic carbocycles. The molecule has 0 spiro atoms. The van der Waals surface area contributed by atoms with Gasteiger partial charge in [0, 0.05) is 7.05 Å². The maximum Gasteiger partial charge on any atom is 0.281 e. The molecule has 1 fully saturated rings. The van der Waals surface area contributed by atoms with E-state index in [0.29, 0.717) is 29.7 Å². The Labute approximate surface area is 230 Å². The lowest BCUT2D eigenvalue weighted by atomic mass is 10.1. The van der Waals surface area contributed by atoms with E-state index in [1.165, 1.54) is 15.7 Å². The van der Waals surface area contributed by atoms with E-state index >= 15 is 0 Å². The van der Waals surface area contributed by atoms with Crippen LogP contribution in [0.3, 0.4) is 0 Å². The fourth-order valence-electron chi connectivity index (χ4n) is 4.30. The number of ether oxygens (including phenoxy) is 2. The first kappa shape index (κ1) is 25.0. The van der Waals surface area contributed by atoms with Gasteiger partial charge in [-0.2, -0.15) is 0 Å². The molecule has 5 nitrogen and oxygen atoms in total. The molecular formula is C30H25BrN2O3S. The zero-order valence-electron chi connectivity index (χ0n) is 20.5. The Morgan fingerprint density at radius 3 is 2.46 bits per heavy atom. The summed E-state index contributed by atoms with van der Waals surface area (Å²) in [5, 5.41) is 2.79. The summed E-state index contributed by atoms with van der Waals surface area (Å²) in [6.07, 6.45) is 1.84. The van der Waals surface area contributed by atoms with Crippen LogP contribution in [0.5, 0.6) is 11.5 Å². The molecule has 0 radical (unpaired) electrons. The van der Waals surface area contributed by atoms with Gasteiger partial charge in [0.25, 0.3) is 5.91 Å². The zero-order valence-corrected chi connectivity index (χ0v) is 22.9. The molecule has 0 N–H and O–H groups in total. The van der Waals surface area contributed by atoms with Gasteiger partial charge in [-0.25, -0.2) is 0 Å². The van der Waals surface area contributed by atoms with Crippen LogP contribution in [-0.4, -0.2) is 29.6 Å². The summed E-state index contributed by atoms with van der Waals surface area (Å²) in [6.45, 7) is 2.96. The maximum atomic E-state index is 13.3. The number of halogens is 1. The lowest BCUT2D eigenvalue weighted by Gasteiger charge is -2.16. The number of likely N-dealkylation sites (N-methyl/N-ethyl adjacent to an activating group) is 1. The SMILES string of the molecule is CCOc1ccc(N2C(=O)/C(=C/c3ccc(OCc4cccc5ccccc45)c(Br)c3)N(C)C2=S)cc1. The molecule has 1 amide bonds. The molecule has 7 heteroatoms. The van der Waals surface area contributed by atoms with Crippen LogP contribution in [0.1, 0.15) is 18.1 Å². The van der Waals surface area contributed by atoms with E-state index < -0.39 is 0 Å². The number of hydrogen-bond acceptors (Lipinski definition) is 4. The van der Waals surface area contributed by atoms with Gasteiger partial charge in [-0.1, -0.05) is 48.5 Å². The molecule has 5 rings (SSSR count). The molecule has 0 saturated carbocycles. The van der Waals surface area contributed by atoms with Crippen molar-refractivity contribution in [1.82, 2.24) is 4.90 Å². The Kier molecular flexibility index (Phi) is 7.26. The van der Waals surface area contributed by atoms with Crippen LogP contribution in [0.15, 0.2) is 95.1 Å². The predicted molar refractivity (Wildman–Crippen MR) is 156 cm³/mol. The molecule has 1 aliphatic heterocycles. The van der Waals surface area contributed by atoms with E-state index in [-0.39, 0.29) is 5.91 Å². The number of thiocarbonyl (C=S) groups is 1. The average Bonchev–Trinajstić information content (AvgIpc) is 3.12. The third kappa shape index (κ3) is 5.10. The summed E-state index contributed by atoms with van der Waals surface area (Å²) in [4.78, 5) is 16.6. The fraction of sp³-hybridized carbons (Fsp3) is 0.133. The lowest BCUT2D eigenvalue weighted by molar-refractivity contribution is -0.114. The Morgan fingerprint density at radius 1 is 0.946 bits per heavy atom. The summed E-state index contributed by atoms with van der Waals surface area (Å²) < 4.78 is 12.4. The zero-order chi connectivity index (χ0) is 25.9. The highest BCUT2D eigenvalue weighted by atomic mass is 79.9. The molecule has 1 saturated heterocycles. The minimum absolute atomic E-state index is 0.177. The second-order valence-corrected chi connectivity index (χ2v) is 9.77. The van der Waals surface area contributed by atoms with Gasteiger partial charge in [0.1, 0.15) is 23.8 Å². The summed E-state index contributed by atoms with van der Waals surface area (Å²) in [6, 6.07) is 27.6. The topological polar surface area (TPSA) is 42.0 Å². The molecule has 0 atom stereocenters. The lowest BCUT2D eigenvalue weighted by Crippen LogP contribution is -2.31. The number of fused-ring (bicyclic) bond motifs is 1. The van der Waals surface area contributed by atoms with E-state index in [1.807, 2.05) is 73.7 Å². The molecule has 1 heterocycles. The van der Waals surface area contributed by atoms with Crippen molar-refractivity contribution in [2.75, 3.05) is 18.6 Å². The van der Waals surface area contributed by atoms with E-state index in [0.717, 1.165) is 27.1 Å². The number of carbonyl (C=O) groups excluding carboxylic acids is 1.